The molecular formula is C30H41Cl2N5O4S. The van der Waals surface area contributed by atoms with E-state index in [1.165, 1.54) is 5.56 Å². The van der Waals surface area contributed by atoms with E-state index in [0.29, 0.717) is 23.7 Å². The van der Waals surface area contributed by atoms with E-state index in [2.05, 4.69) is 39.0 Å². The van der Waals surface area contributed by atoms with Gasteiger partial charge in [0.05, 0.1) is 18.1 Å². The minimum atomic E-state index is -3.31. The SMILES string of the molecule is CCCCN(C(=O)NC1CCN(Cc2ccc(Oc3ccc(NS(C)(=O)=O)cc3)cc2)CC1)c1ccc(C)nc1.Cl.Cl. The lowest BCUT2D eigenvalue weighted by molar-refractivity contribution is 0.188. The predicted octanol–water partition coefficient (Wildman–Crippen LogP) is 6.38. The molecule has 12 heteroatoms. The van der Waals surface area contributed by atoms with Gasteiger partial charge in [-0.3, -0.25) is 19.5 Å². The molecular weight excluding hydrogens is 597 g/mol. The smallest absolute Gasteiger partial charge is 0.322 e. The van der Waals surface area contributed by atoms with Crippen molar-refractivity contribution in [3.8, 4) is 11.5 Å². The molecule has 0 saturated carbocycles. The van der Waals surface area contributed by atoms with Gasteiger partial charge < -0.3 is 10.1 Å². The molecule has 230 valence electrons. The molecule has 2 aromatic carbocycles. The van der Waals surface area contributed by atoms with Crippen molar-refractivity contribution in [3.05, 3.63) is 78.1 Å². The zero-order chi connectivity index (χ0) is 28.5. The molecule has 0 bridgehead atoms. The number of halogens is 2. The second-order valence-corrected chi connectivity index (χ2v) is 12.1. The van der Waals surface area contributed by atoms with E-state index in [1.54, 1.807) is 30.5 Å². The number of carbonyl (C=O) groups is 1. The van der Waals surface area contributed by atoms with Crippen molar-refractivity contribution in [1.29, 1.82) is 0 Å². The average Bonchev–Trinajstić information content (AvgIpc) is 2.92. The van der Waals surface area contributed by atoms with Gasteiger partial charge >= 0.3 is 6.03 Å². The number of hydrogen-bond acceptors (Lipinski definition) is 6. The number of urea groups is 1. The molecule has 3 aromatic rings. The number of benzene rings is 2. The number of amides is 2. The third kappa shape index (κ3) is 11.0. The van der Waals surface area contributed by atoms with Crippen LogP contribution in [0.1, 0.15) is 43.9 Å². The van der Waals surface area contributed by atoms with Gasteiger partial charge in [0, 0.05) is 43.6 Å². The van der Waals surface area contributed by atoms with E-state index in [1.807, 2.05) is 36.1 Å². The molecule has 2 amide bonds. The molecule has 1 saturated heterocycles. The van der Waals surface area contributed by atoms with Crippen molar-refractivity contribution in [2.24, 2.45) is 0 Å². The summed E-state index contributed by atoms with van der Waals surface area (Å²) in [5, 5.41) is 3.25. The lowest BCUT2D eigenvalue weighted by atomic mass is 10.0. The number of aryl methyl sites for hydroxylation is 1. The highest BCUT2D eigenvalue weighted by atomic mass is 35.5. The number of likely N-dealkylation sites (tertiary alicyclic amines) is 1. The lowest BCUT2D eigenvalue weighted by Gasteiger charge is -2.34. The molecule has 0 radical (unpaired) electrons. The minimum Gasteiger partial charge on any atom is -0.457 e. The highest BCUT2D eigenvalue weighted by molar-refractivity contribution is 7.92. The van der Waals surface area contributed by atoms with Crippen LogP contribution < -0.4 is 19.7 Å². The quantitative estimate of drug-likeness (QED) is 0.253. The second kappa shape index (κ2) is 16.6. The van der Waals surface area contributed by atoms with Crippen LogP contribution in [0.2, 0.25) is 0 Å². The highest BCUT2D eigenvalue weighted by Crippen LogP contribution is 2.24. The van der Waals surface area contributed by atoms with Crippen molar-refractivity contribution >= 4 is 52.2 Å². The second-order valence-electron chi connectivity index (χ2n) is 10.3. The summed E-state index contributed by atoms with van der Waals surface area (Å²) >= 11 is 0. The maximum atomic E-state index is 13.1. The Kier molecular flexibility index (Phi) is 13.9. The summed E-state index contributed by atoms with van der Waals surface area (Å²) in [6.45, 7) is 7.42. The van der Waals surface area contributed by atoms with Crippen LogP contribution in [0.15, 0.2) is 66.9 Å². The van der Waals surface area contributed by atoms with Gasteiger partial charge in [0.1, 0.15) is 11.5 Å². The van der Waals surface area contributed by atoms with Crippen LogP contribution in [0.4, 0.5) is 16.2 Å². The van der Waals surface area contributed by atoms with Crippen LogP contribution in [0.25, 0.3) is 0 Å². The van der Waals surface area contributed by atoms with E-state index in [9.17, 15) is 13.2 Å². The molecule has 0 unspecified atom stereocenters. The number of sulfonamides is 1. The fourth-order valence-electron chi connectivity index (χ4n) is 4.63. The Balaban J connectivity index is 0.00000308. The monoisotopic (exact) mass is 637 g/mol. The number of nitrogens with one attached hydrogen (secondary N) is 2. The summed E-state index contributed by atoms with van der Waals surface area (Å²) in [5.41, 5.74) is 3.46. The Labute approximate surface area is 261 Å². The molecule has 0 spiro atoms. The highest BCUT2D eigenvalue weighted by Gasteiger charge is 2.24. The Hall–Kier alpha value is -3.05. The number of hydrogen-bond donors (Lipinski definition) is 2. The average molecular weight is 639 g/mol. The number of unbranched alkanes of at least 4 members (excludes halogenated alkanes) is 1. The first kappa shape index (κ1) is 35.1. The Bertz CT molecular complexity index is 1350. The van der Waals surface area contributed by atoms with Gasteiger partial charge in [0.25, 0.3) is 0 Å². The topological polar surface area (TPSA) is 104 Å². The van der Waals surface area contributed by atoms with Crippen molar-refractivity contribution in [3.63, 3.8) is 0 Å². The predicted molar refractivity (Wildman–Crippen MR) is 174 cm³/mol. The van der Waals surface area contributed by atoms with E-state index in [-0.39, 0.29) is 36.9 Å². The largest absolute Gasteiger partial charge is 0.457 e. The van der Waals surface area contributed by atoms with Gasteiger partial charge in [-0.2, -0.15) is 0 Å². The van der Waals surface area contributed by atoms with Crippen molar-refractivity contribution < 1.29 is 17.9 Å². The molecule has 1 aliphatic rings. The number of anilines is 2. The van der Waals surface area contributed by atoms with E-state index in [4.69, 9.17) is 4.74 Å². The molecule has 2 N–H and O–H groups in total. The molecule has 1 fully saturated rings. The minimum absolute atomic E-state index is 0. The Morgan fingerprint density at radius 1 is 1.00 bits per heavy atom. The van der Waals surface area contributed by atoms with Crippen LogP contribution in [0.3, 0.4) is 0 Å². The number of aromatic nitrogens is 1. The van der Waals surface area contributed by atoms with Crippen LogP contribution in [0, 0.1) is 6.92 Å². The van der Waals surface area contributed by atoms with Gasteiger partial charge in [0.15, 0.2) is 0 Å². The summed E-state index contributed by atoms with van der Waals surface area (Å²) in [6, 6.07) is 18.8. The molecule has 1 aromatic heterocycles. The van der Waals surface area contributed by atoms with Gasteiger partial charge in [-0.05, 0) is 80.3 Å². The van der Waals surface area contributed by atoms with Crippen LogP contribution in [-0.4, -0.2) is 56.3 Å². The third-order valence-corrected chi connectivity index (χ3v) is 7.43. The molecule has 2 heterocycles. The van der Waals surface area contributed by atoms with Crippen LogP contribution >= 0.6 is 24.8 Å². The number of pyridine rings is 1. The zero-order valence-electron chi connectivity index (χ0n) is 24.3. The number of ether oxygens (including phenoxy) is 1. The number of nitrogens with zero attached hydrogens (tertiary/aromatic N) is 3. The molecule has 0 aliphatic carbocycles. The fourth-order valence-corrected chi connectivity index (χ4v) is 5.20. The summed E-state index contributed by atoms with van der Waals surface area (Å²) in [5.74, 6) is 1.34. The Morgan fingerprint density at radius 3 is 2.17 bits per heavy atom. The normalized spacial score (nSPS) is 13.8. The van der Waals surface area contributed by atoms with Crippen molar-refractivity contribution in [2.75, 3.05) is 35.5 Å². The first-order valence-corrected chi connectivity index (χ1v) is 15.7. The molecule has 42 heavy (non-hydrogen) atoms. The van der Waals surface area contributed by atoms with Crippen molar-refractivity contribution in [1.82, 2.24) is 15.2 Å². The van der Waals surface area contributed by atoms with Gasteiger partial charge in [-0.15, -0.1) is 24.8 Å². The molecule has 0 atom stereocenters. The molecule has 4 rings (SSSR count). The fraction of sp³-hybridized carbons (Fsp3) is 0.400. The maximum absolute atomic E-state index is 13.1. The summed E-state index contributed by atoms with van der Waals surface area (Å²) in [6.07, 6.45) is 6.67. The maximum Gasteiger partial charge on any atom is 0.322 e. The first-order valence-electron chi connectivity index (χ1n) is 13.8. The third-order valence-electron chi connectivity index (χ3n) is 6.83. The van der Waals surface area contributed by atoms with Gasteiger partial charge in [-0.1, -0.05) is 25.5 Å². The van der Waals surface area contributed by atoms with E-state index < -0.39 is 10.0 Å². The molecule has 9 nitrogen and oxygen atoms in total. The van der Waals surface area contributed by atoms with E-state index in [0.717, 1.165) is 63.0 Å². The van der Waals surface area contributed by atoms with Gasteiger partial charge in [0.2, 0.25) is 10.0 Å². The van der Waals surface area contributed by atoms with Crippen LogP contribution in [0.5, 0.6) is 11.5 Å². The standard InChI is InChI=1S/C30H39N5O4S.2ClH/c1-4-5-18-35(27-11-6-23(2)31-21-27)30(36)32-25-16-19-34(20-17-25)22-24-7-12-28(13-8-24)39-29-14-9-26(10-15-29)33-40(3,37)38;;/h6-15,21,25,33H,4-5,16-20,22H2,1-3H3,(H,32,36);2*1H. The number of piperidine rings is 1. The summed E-state index contributed by atoms with van der Waals surface area (Å²) in [4.78, 5) is 21.7. The number of rotatable bonds is 11. The Morgan fingerprint density at radius 2 is 1.62 bits per heavy atom. The number of carbonyl (C=O) groups excluding carboxylic acids is 1. The summed E-state index contributed by atoms with van der Waals surface area (Å²) in [7, 11) is -3.31. The van der Waals surface area contributed by atoms with Crippen LogP contribution in [-0.2, 0) is 16.6 Å². The van der Waals surface area contributed by atoms with Crippen molar-refractivity contribution in [2.45, 2.75) is 52.1 Å². The zero-order valence-corrected chi connectivity index (χ0v) is 26.7. The van der Waals surface area contributed by atoms with Gasteiger partial charge in [-0.25, -0.2) is 13.2 Å². The molecule has 1 aliphatic heterocycles. The first-order chi connectivity index (χ1) is 19.2. The summed E-state index contributed by atoms with van der Waals surface area (Å²) < 4.78 is 31.1. The lowest BCUT2D eigenvalue weighted by Crippen LogP contribution is -2.49. The van der Waals surface area contributed by atoms with E-state index >= 15 is 0 Å².